The van der Waals surface area contributed by atoms with Gasteiger partial charge in [0, 0.05) is 6.07 Å². The summed E-state index contributed by atoms with van der Waals surface area (Å²) in [7, 11) is 0. The van der Waals surface area contributed by atoms with Gasteiger partial charge in [0.05, 0.1) is 11.3 Å². The van der Waals surface area contributed by atoms with Gasteiger partial charge in [-0.1, -0.05) is 34.9 Å². The molecule has 1 aromatic carbocycles. The van der Waals surface area contributed by atoms with E-state index < -0.39 is 17.4 Å². The summed E-state index contributed by atoms with van der Waals surface area (Å²) in [5.74, 6) is -1.89. The Kier molecular flexibility index (Phi) is 4.89. The Morgan fingerprint density at radius 1 is 1.32 bits per heavy atom. The summed E-state index contributed by atoms with van der Waals surface area (Å²) in [5, 5.41) is 7.78. The van der Waals surface area contributed by atoms with Crippen molar-refractivity contribution in [3.8, 4) is 0 Å². The highest BCUT2D eigenvalue weighted by Crippen LogP contribution is 2.27. The van der Waals surface area contributed by atoms with Crippen LogP contribution in [-0.2, 0) is 0 Å². The number of hydrogen-bond acceptors (Lipinski definition) is 6. The lowest BCUT2D eigenvalue weighted by Crippen LogP contribution is -2.05. The number of halogens is 2. The minimum absolute atomic E-state index is 0.0472. The molecule has 0 unspecified atom stereocenters. The molecule has 2 rings (SSSR count). The molecule has 0 aliphatic heterocycles. The fourth-order valence-electron chi connectivity index (χ4n) is 1.26. The van der Waals surface area contributed by atoms with Crippen molar-refractivity contribution in [3.63, 3.8) is 0 Å². The number of carbonyl (C=O) groups is 1. The zero-order chi connectivity index (χ0) is 13.8. The second kappa shape index (κ2) is 6.44. The maximum Gasteiger partial charge on any atom is 0.176 e. The van der Waals surface area contributed by atoms with Crippen molar-refractivity contribution in [3.05, 3.63) is 35.4 Å². The summed E-state index contributed by atoms with van der Waals surface area (Å²) in [6.45, 7) is 0. The number of Topliss-reactive ketones (excluding diaryl/α,β-unsaturated/α-hetero) is 1. The Morgan fingerprint density at radius 2 is 2.05 bits per heavy atom. The molecule has 0 amide bonds. The number of rotatable bonds is 5. The molecule has 0 saturated carbocycles. The van der Waals surface area contributed by atoms with Crippen LogP contribution < -0.4 is 0 Å². The van der Waals surface area contributed by atoms with Gasteiger partial charge in [-0.2, -0.15) is 0 Å². The Balaban J connectivity index is 2.01. The summed E-state index contributed by atoms with van der Waals surface area (Å²) >= 11 is 4.04. The van der Waals surface area contributed by atoms with Gasteiger partial charge in [0.2, 0.25) is 0 Å². The molecule has 19 heavy (non-hydrogen) atoms. The average molecular weight is 318 g/mol. The first-order valence-corrected chi connectivity index (χ1v) is 8.11. The molecule has 0 atom stereocenters. The highest BCUT2D eigenvalue weighted by molar-refractivity contribution is 8.03. The van der Waals surface area contributed by atoms with Crippen molar-refractivity contribution < 1.29 is 13.6 Å². The minimum Gasteiger partial charge on any atom is -0.293 e. The quantitative estimate of drug-likeness (QED) is 0.623. The van der Waals surface area contributed by atoms with Crippen molar-refractivity contribution in [1.82, 2.24) is 10.2 Å². The van der Waals surface area contributed by atoms with Crippen LogP contribution in [0.3, 0.4) is 0 Å². The van der Waals surface area contributed by atoms with Crippen LogP contribution in [0.5, 0.6) is 0 Å². The fraction of sp³-hybridized carbons (Fsp3) is 0.182. The Bertz CT molecular complexity index is 603. The maximum atomic E-state index is 13.4. The summed E-state index contributed by atoms with van der Waals surface area (Å²) in [6.07, 6.45) is 1.88. The van der Waals surface area contributed by atoms with E-state index in [1.54, 1.807) is 0 Å². The first-order chi connectivity index (χ1) is 9.10. The monoisotopic (exact) mass is 318 g/mol. The van der Waals surface area contributed by atoms with Crippen LogP contribution in [0.25, 0.3) is 0 Å². The molecule has 0 fully saturated rings. The summed E-state index contributed by atoms with van der Waals surface area (Å²) in [6, 6.07) is 2.92. The van der Waals surface area contributed by atoms with E-state index >= 15 is 0 Å². The molecular weight excluding hydrogens is 310 g/mol. The number of ketones is 1. The fourth-order valence-corrected chi connectivity index (χ4v) is 3.58. The van der Waals surface area contributed by atoms with Crippen molar-refractivity contribution >= 4 is 40.6 Å². The number of nitrogens with zero attached hydrogens (tertiary/aromatic N) is 2. The lowest BCUT2D eigenvalue weighted by Gasteiger charge is -2.01. The molecule has 0 saturated heterocycles. The van der Waals surface area contributed by atoms with Crippen LogP contribution in [0, 0.1) is 11.6 Å². The largest absolute Gasteiger partial charge is 0.293 e. The molecule has 0 aliphatic carbocycles. The molecule has 3 nitrogen and oxygen atoms in total. The van der Waals surface area contributed by atoms with Crippen LogP contribution in [0.4, 0.5) is 8.78 Å². The maximum absolute atomic E-state index is 13.4. The average Bonchev–Trinajstić information content (AvgIpc) is 2.84. The standard InChI is InChI=1S/C11H8F2N2OS3/c1-17-10-14-15-11(19-10)18-5-9(16)7-3-2-6(12)4-8(7)13/h2-4H,5H2,1H3. The van der Waals surface area contributed by atoms with Gasteiger partial charge in [0.1, 0.15) is 11.6 Å². The minimum atomic E-state index is -0.840. The van der Waals surface area contributed by atoms with Crippen LogP contribution in [0.15, 0.2) is 26.9 Å². The third-order valence-corrected chi connectivity index (χ3v) is 5.15. The normalized spacial score (nSPS) is 10.7. The van der Waals surface area contributed by atoms with Crippen LogP contribution in [-0.4, -0.2) is 28.0 Å². The molecule has 2 aromatic rings. The molecule has 0 aliphatic rings. The lowest BCUT2D eigenvalue weighted by atomic mass is 10.1. The van der Waals surface area contributed by atoms with Gasteiger partial charge in [0.15, 0.2) is 14.5 Å². The van der Waals surface area contributed by atoms with E-state index in [1.165, 1.54) is 34.9 Å². The van der Waals surface area contributed by atoms with Gasteiger partial charge in [-0.05, 0) is 18.4 Å². The van der Waals surface area contributed by atoms with E-state index in [1.807, 2.05) is 6.26 Å². The third kappa shape index (κ3) is 3.74. The number of carbonyl (C=O) groups excluding carboxylic acids is 1. The second-order valence-electron chi connectivity index (χ2n) is 3.37. The van der Waals surface area contributed by atoms with Crippen LogP contribution in [0.1, 0.15) is 10.4 Å². The Labute approximate surface area is 120 Å². The van der Waals surface area contributed by atoms with Crippen LogP contribution >= 0.6 is 34.9 Å². The van der Waals surface area contributed by atoms with Crippen molar-refractivity contribution in [2.45, 2.75) is 8.68 Å². The predicted molar refractivity (Wildman–Crippen MR) is 73.1 cm³/mol. The van der Waals surface area contributed by atoms with Gasteiger partial charge >= 0.3 is 0 Å². The van der Waals surface area contributed by atoms with Crippen LogP contribution in [0.2, 0.25) is 0 Å². The molecule has 0 spiro atoms. The van der Waals surface area contributed by atoms with Gasteiger partial charge in [-0.15, -0.1) is 10.2 Å². The van der Waals surface area contributed by atoms with E-state index in [4.69, 9.17) is 0 Å². The van der Waals surface area contributed by atoms with E-state index in [-0.39, 0.29) is 11.3 Å². The molecule has 8 heteroatoms. The van der Waals surface area contributed by atoms with E-state index in [2.05, 4.69) is 10.2 Å². The van der Waals surface area contributed by atoms with Crippen molar-refractivity contribution in [2.24, 2.45) is 0 Å². The SMILES string of the molecule is CSc1nnc(SCC(=O)c2ccc(F)cc2F)s1. The first kappa shape index (κ1) is 14.4. The molecule has 0 bridgehead atoms. The Morgan fingerprint density at radius 3 is 2.68 bits per heavy atom. The second-order valence-corrected chi connectivity index (χ2v) is 6.63. The number of benzene rings is 1. The number of aromatic nitrogens is 2. The number of hydrogen-bond donors (Lipinski definition) is 0. The zero-order valence-corrected chi connectivity index (χ0v) is 12.2. The van der Waals surface area contributed by atoms with E-state index in [9.17, 15) is 13.6 Å². The predicted octanol–water partition coefficient (Wildman–Crippen LogP) is 3.51. The van der Waals surface area contributed by atoms with E-state index in [0.717, 1.165) is 16.5 Å². The van der Waals surface area contributed by atoms with E-state index in [0.29, 0.717) is 10.4 Å². The topological polar surface area (TPSA) is 42.9 Å². The Hall–Kier alpha value is -0.990. The first-order valence-electron chi connectivity index (χ1n) is 5.08. The number of thioether (sulfide) groups is 2. The molecule has 0 radical (unpaired) electrons. The van der Waals surface area contributed by atoms with Gasteiger partial charge in [-0.3, -0.25) is 4.79 Å². The molecule has 0 N–H and O–H groups in total. The van der Waals surface area contributed by atoms with Gasteiger partial charge in [0.25, 0.3) is 0 Å². The van der Waals surface area contributed by atoms with Crippen molar-refractivity contribution in [1.29, 1.82) is 0 Å². The zero-order valence-electron chi connectivity index (χ0n) is 9.72. The summed E-state index contributed by atoms with van der Waals surface area (Å²) in [5.41, 5.74) is -0.108. The third-order valence-electron chi connectivity index (χ3n) is 2.12. The highest BCUT2D eigenvalue weighted by atomic mass is 32.2. The summed E-state index contributed by atoms with van der Waals surface area (Å²) < 4.78 is 27.6. The molecule has 100 valence electrons. The van der Waals surface area contributed by atoms with Gasteiger partial charge < -0.3 is 0 Å². The van der Waals surface area contributed by atoms with Crippen molar-refractivity contribution in [2.75, 3.05) is 12.0 Å². The molecule has 1 heterocycles. The molecule has 1 aromatic heterocycles. The summed E-state index contributed by atoms with van der Waals surface area (Å²) in [4.78, 5) is 11.8. The highest BCUT2D eigenvalue weighted by Gasteiger charge is 2.14. The lowest BCUT2D eigenvalue weighted by molar-refractivity contribution is 0.101. The molecular formula is C11H8F2N2OS3. The van der Waals surface area contributed by atoms with Gasteiger partial charge in [-0.25, -0.2) is 8.78 Å². The smallest absolute Gasteiger partial charge is 0.176 e.